The van der Waals surface area contributed by atoms with Gasteiger partial charge in [0.05, 0.1) is 15.8 Å². The monoisotopic (exact) mass is 454 g/mol. The highest BCUT2D eigenvalue weighted by molar-refractivity contribution is 8.00. The van der Waals surface area contributed by atoms with Crippen LogP contribution in [0.5, 0.6) is 0 Å². The van der Waals surface area contributed by atoms with Gasteiger partial charge in [-0.1, -0.05) is 35.9 Å². The molecule has 5 nitrogen and oxygen atoms in total. The van der Waals surface area contributed by atoms with Gasteiger partial charge in [0.1, 0.15) is 0 Å². The highest BCUT2D eigenvalue weighted by atomic mass is 32.2. The minimum absolute atomic E-state index is 0.134. The maximum atomic E-state index is 12.8. The zero-order chi connectivity index (χ0) is 22.6. The Morgan fingerprint density at radius 2 is 1.45 bits per heavy atom. The number of thioether (sulfide) groups is 1. The molecule has 0 aliphatic heterocycles. The molecule has 31 heavy (non-hydrogen) atoms. The van der Waals surface area contributed by atoms with E-state index >= 15 is 0 Å². The summed E-state index contributed by atoms with van der Waals surface area (Å²) in [6, 6.07) is 19.8. The third-order valence-electron chi connectivity index (χ3n) is 4.85. The molecule has 7 heteroatoms. The first-order chi connectivity index (χ1) is 14.7. The molecule has 0 aromatic heterocycles. The third kappa shape index (κ3) is 5.89. The summed E-state index contributed by atoms with van der Waals surface area (Å²) in [6.45, 7) is 7.58. The Hall–Kier alpha value is -2.77. The SMILES string of the molecule is Cc1ccc(S[C@@H](C)C(=O)Nc2ccc(S(=O)(=O)Nc3c(C)cccc3C)cc2)cc1. The third-order valence-corrected chi connectivity index (χ3v) is 7.33. The van der Waals surface area contributed by atoms with E-state index in [1.807, 2.05) is 70.2 Å². The molecule has 3 rings (SSSR count). The molecule has 0 aliphatic rings. The Labute approximate surface area is 188 Å². The number of rotatable bonds is 7. The first-order valence-corrected chi connectivity index (χ1v) is 12.3. The molecule has 0 heterocycles. The van der Waals surface area contributed by atoms with E-state index in [0.29, 0.717) is 11.4 Å². The maximum Gasteiger partial charge on any atom is 0.261 e. The number of para-hydroxylation sites is 1. The summed E-state index contributed by atoms with van der Waals surface area (Å²) in [6.07, 6.45) is 0. The minimum Gasteiger partial charge on any atom is -0.325 e. The first-order valence-electron chi connectivity index (χ1n) is 9.89. The van der Waals surface area contributed by atoms with Gasteiger partial charge in [-0.25, -0.2) is 8.42 Å². The molecule has 1 atom stereocenters. The van der Waals surface area contributed by atoms with Crippen molar-refractivity contribution < 1.29 is 13.2 Å². The Morgan fingerprint density at radius 1 is 0.871 bits per heavy atom. The number of amides is 1. The van der Waals surface area contributed by atoms with E-state index in [0.717, 1.165) is 16.0 Å². The van der Waals surface area contributed by atoms with Crippen LogP contribution in [0.4, 0.5) is 11.4 Å². The summed E-state index contributed by atoms with van der Waals surface area (Å²) in [4.78, 5) is 13.7. The summed E-state index contributed by atoms with van der Waals surface area (Å²) >= 11 is 1.47. The van der Waals surface area contributed by atoms with Crippen LogP contribution < -0.4 is 10.0 Å². The lowest BCUT2D eigenvalue weighted by atomic mass is 10.1. The number of hydrogen-bond acceptors (Lipinski definition) is 4. The Kier molecular flexibility index (Phi) is 7.08. The molecule has 3 aromatic carbocycles. The first kappa shape index (κ1) is 22.9. The van der Waals surface area contributed by atoms with Gasteiger partial charge in [-0.3, -0.25) is 9.52 Å². The summed E-state index contributed by atoms with van der Waals surface area (Å²) in [5, 5.41) is 2.55. The second-order valence-corrected chi connectivity index (χ2v) is 10.6. The van der Waals surface area contributed by atoms with Crippen molar-refractivity contribution in [1.29, 1.82) is 0 Å². The number of nitrogens with one attached hydrogen (secondary N) is 2. The number of aryl methyl sites for hydroxylation is 3. The quantitative estimate of drug-likeness (QED) is 0.460. The van der Waals surface area contributed by atoms with Gasteiger partial charge < -0.3 is 5.32 Å². The lowest BCUT2D eigenvalue weighted by molar-refractivity contribution is -0.115. The van der Waals surface area contributed by atoms with Gasteiger partial charge in [-0.15, -0.1) is 11.8 Å². The van der Waals surface area contributed by atoms with Crippen molar-refractivity contribution in [2.75, 3.05) is 10.0 Å². The molecule has 0 unspecified atom stereocenters. The smallest absolute Gasteiger partial charge is 0.261 e. The fourth-order valence-corrected chi connectivity index (χ4v) is 5.07. The molecule has 0 bridgehead atoms. The molecular formula is C24H26N2O3S2. The number of hydrogen-bond donors (Lipinski definition) is 2. The van der Waals surface area contributed by atoms with Gasteiger partial charge in [-0.05, 0) is 75.2 Å². The highest BCUT2D eigenvalue weighted by Gasteiger charge is 2.18. The Balaban J connectivity index is 1.66. The van der Waals surface area contributed by atoms with Crippen molar-refractivity contribution in [2.24, 2.45) is 0 Å². The van der Waals surface area contributed by atoms with Crippen molar-refractivity contribution in [1.82, 2.24) is 0 Å². The lowest BCUT2D eigenvalue weighted by Crippen LogP contribution is -2.22. The van der Waals surface area contributed by atoms with Crippen LogP contribution in [0.1, 0.15) is 23.6 Å². The predicted molar refractivity (Wildman–Crippen MR) is 128 cm³/mol. The van der Waals surface area contributed by atoms with E-state index < -0.39 is 10.0 Å². The van der Waals surface area contributed by atoms with Gasteiger partial charge in [0.15, 0.2) is 0 Å². The molecule has 0 fully saturated rings. The normalized spacial score (nSPS) is 12.3. The molecule has 0 saturated carbocycles. The lowest BCUT2D eigenvalue weighted by Gasteiger charge is -2.14. The molecular weight excluding hydrogens is 428 g/mol. The van der Waals surface area contributed by atoms with Crippen LogP contribution in [-0.4, -0.2) is 19.6 Å². The van der Waals surface area contributed by atoms with Gasteiger partial charge in [0.25, 0.3) is 10.0 Å². The average Bonchev–Trinajstić information content (AvgIpc) is 2.73. The summed E-state index contributed by atoms with van der Waals surface area (Å²) in [5.41, 5.74) is 4.01. The van der Waals surface area contributed by atoms with Gasteiger partial charge >= 0.3 is 0 Å². The van der Waals surface area contributed by atoms with Crippen LogP contribution >= 0.6 is 11.8 Å². The molecule has 0 aliphatic carbocycles. The van der Waals surface area contributed by atoms with Gasteiger partial charge in [0.2, 0.25) is 5.91 Å². The van der Waals surface area contributed by atoms with Crippen LogP contribution in [0.15, 0.2) is 76.5 Å². The number of carbonyl (C=O) groups is 1. The Morgan fingerprint density at radius 3 is 2.03 bits per heavy atom. The van der Waals surface area contributed by atoms with Gasteiger partial charge in [0, 0.05) is 10.6 Å². The number of benzene rings is 3. The van der Waals surface area contributed by atoms with Crippen LogP contribution in [0.3, 0.4) is 0 Å². The summed E-state index contributed by atoms with van der Waals surface area (Å²) < 4.78 is 28.2. The van der Waals surface area contributed by atoms with E-state index in [1.165, 1.54) is 29.5 Å². The van der Waals surface area contributed by atoms with Crippen molar-refractivity contribution in [3.8, 4) is 0 Å². The fourth-order valence-electron chi connectivity index (χ4n) is 3.00. The molecule has 3 aromatic rings. The van der Waals surface area contributed by atoms with E-state index in [2.05, 4.69) is 10.0 Å². The summed E-state index contributed by atoms with van der Waals surface area (Å²) in [7, 11) is -3.73. The van der Waals surface area contributed by atoms with Crippen LogP contribution in [0, 0.1) is 20.8 Å². The predicted octanol–water partition coefficient (Wildman–Crippen LogP) is 5.53. The van der Waals surface area contributed by atoms with Crippen molar-refractivity contribution in [3.05, 3.63) is 83.4 Å². The molecule has 162 valence electrons. The van der Waals surface area contributed by atoms with E-state index in [1.54, 1.807) is 12.1 Å². The van der Waals surface area contributed by atoms with Crippen molar-refractivity contribution in [2.45, 2.75) is 42.7 Å². The summed E-state index contributed by atoms with van der Waals surface area (Å²) in [5.74, 6) is -0.144. The Bertz CT molecular complexity index is 1150. The van der Waals surface area contributed by atoms with E-state index in [9.17, 15) is 13.2 Å². The maximum absolute atomic E-state index is 12.8. The van der Waals surface area contributed by atoms with Crippen LogP contribution in [0.25, 0.3) is 0 Å². The minimum atomic E-state index is -3.73. The van der Waals surface area contributed by atoms with E-state index in [-0.39, 0.29) is 16.1 Å². The molecule has 0 saturated heterocycles. The van der Waals surface area contributed by atoms with E-state index in [4.69, 9.17) is 0 Å². The zero-order valence-electron chi connectivity index (χ0n) is 18.0. The largest absolute Gasteiger partial charge is 0.325 e. The molecule has 2 N–H and O–H groups in total. The molecule has 1 amide bonds. The molecule has 0 radical (unpaired) electrons. The fraction of sp³-hybridized carbons (Fsp3) is 0.208. The number of sulfonamides is 1. The molecule has 0 spiro atoms. The topological polar surface area (TPSA) is 75.3 Å². The second kappa shape index (κ2) is 9.58. The van der Waals surface area contributed by atoms with Crippen molar-refractivity contribution in [3.63, 3.8) is 0 Å². The zero-order valence-corrected chi connectivity index (χ0v) is 19.6. The average molecular weight is 455 g/mol. The number of anilines is 2. The van der Waals surface area contributed by atoms with Crippen LogP contribution in [-0.2, 0) is 14.8 Å². The van der Waals surface area contributed by atoms with Gasteiger partial charge in [-0.2, -0.15) is 0 Å². The standard InChI is InChI=1S/C24H26N2O3S2/c1-16-8-12-21(13-9-16)30-19(4)24(27)25-20-10-14-22(15-11-20)31(28,29)26-23-17(2)6-5-7-18(23)3/h5-15,19,26H,1-4H3,(H,25,27)/t19-/m0/s1. The number of carbonyl (C=O) groups excluding carboxylic acids is 1. The highest BCUT2D eigenvalue weighted by Crippen LogP contribution is 2.26. The van der Waals surface area contributed by atoms with Crippen molar-refractivity contribution >= 4 is 39.1 Å². The second-order valence-electron chi connectivity index (χ2n) is 7.46. The van der Waals surface area contributed by atoms with Crippen LogP contribution in [0.2, 0.25) is 0 Å².